The van der Waals surface area contributed by atoms with Crippen LogP contribution in [-0.2, 0) is 23.9 Å². The van der Waals surface area contributed by atoms with Crippen molar-refractivity contribution in [2.45, 2.75) is 19.1 Å². The molecule has 136 valence electrons. The second kappa shape index (κ2) is 6.96. The molecule has 3 rings (SSSR count). The summed E-state index contributed by atoms with van der Waals surface area (Å²) in [7, 11) is 0. The van der Waals surface area contributed by atoms with E-state index in [-0.39, 0.29) is 18.7 Å². The molecule has 1 aliphatic heterocycles. The number of rotatable bonds is 4. The minimum atomic E-state index is -1.73. The lowest BCUT2D eigenvalue weighted by Crippen LogP contribution is -2.55. The lowest BCUT2D eigenvalue weighted by Gasteiger charge is -2.34. The molecule has 2 atom stereocenters. The summed E-state index contributed by atoms with van der Waals surface area (Å²) in [5, 5.41) is 10.0. The number of carboxylic acid groups (broad SMARTS) is 1. The molecule has 2 N–H and O–H groups in total. The van der Waals surface area contributed by atoms with Crippen molar-refractivity contribution in [3.05, 3.63) is 40.7 Å². The summed E-state index contributed by atoms with van der Waals surface area (Å²) in [6, 6.07) is 8.10. The van der Waals surface area contributed by atoms with Crippen LogP contribution >= 0.6 is 0 Å². The molecule has 0 bridgehead atoms. The Hall–Kier alpha value is -3.20. The summed E-state index contributed by atoms with van der Waals surface area (Å²) in [6.07, 6.45) is -3.18. The number of hydrogen-bond donors (Lipinski definition) is 2. The molecule has 9 nitrogen and oxygen atoms in total. The monoisotopic (exact) mass is 360 g/mol. The number of aliphatic carboxylic acids is 1. The maximum atomic E-state index is 12.7. The van der Waals surface area contributed by atoms with E-state index in [1.165, 1.54) is 11.0 Å². The number of nitrogens with zero attached hydrogens (tertiary/aromatic N) is 1. The fourth-order valence-electron chi connectivity index (χ4n) is 2.81. The molecule has 1 saturated heterocycles. The van der Waals surface area contributed by atoms with Crippen molar-refractivity contribution in [1.82, 2.24) is 4.98 Å². The molecule has 1 aromatic carbocycles. The Morgan fingerprint density at radius 1 is 1.31 bits per heavy atom. The minimum Gasteiger partial charge on any atom is -0.478 e. The topological polar surface area (TPSA) is 126 Å². The number of carboxylic acids is 1. The van der Waals surface area contributed by atoms with E-state index in [9.17, 15) is 24.3 Å². The molecule has 1 aliphatic rings. The van der Waals surface area contributed by atoms with Crippen molar-refractivity contribution in [3.8, 4) is 0 Å². The van der Waals surface area contributed by atoms with Gasteiger partial charge in [0.15, 0.2) is 6.10 Å². The van der Waals surface area contributed by atoms with Crippen LogP contribution in [0.15, 0.2) is 35.1 Å². The van der Waals surface area contributed by atoms with Gasteiger partial charge in [0.1, 0.15) is 0 Å². The number of amides is 1. The molecule has 1 amide bonds. The van der Waals surface area contributed by atoms with Crippen LogP contribution in [0.2, 0.25) is 0 Å². The Balaban J connectivity index is 1.93. The Bertz CT molecular complexity index is 936. The largest absolute Gasteiger partial charge is 0.478 e. The number of anilines is 1. The van der Waals surface area contributed by atoms with Crippen LogP contribution in [-0.4, -0.2) is 53.3 Å². The predicted molar refractivity (Wildman–Crippen MR) is 89.9 cm³/mol. The Labute approximate surface area is 147 Å². The number of carbonyl (C=O) groups is 3. The summed E-state index contributed by atoms with van der Waals surface area (Å²) in [4.78, 5) is 50.7. The first-order valence-electron chi connectivity index (χ1n) is 7.83. The molecule has 0 spiro atoms. The third-order valence-electron chi connectivity index (χ3n) is 3.95. The van der Waals surface area contributed by atoms with E-state index >= 15 is 0 Å². The van der Waals surface area contributed by atoms with Gasteiger partial charge in [0.05, 0.1) is 12.1 Å². The molecule has 1 aromatic heterocycles. The van der Waals surface area contributed by atoms with Crippen LogP contribution < -0.4 is 10.5 Å². The van der Waals surface area contributed by atoms with Crippen molar-refractivity contribution in [1.29, 1.82) is 0 Å². The van der Waals surface area contributed by atoms with E-state index in [4.69, 9.17) is 9.47 Å². The highest BCUT2D eigenvalue weighted by Gasteiger charge is 2.42. The normalized spacial score (nSPS) is 18.6. The second-order valence-corrected chi connectivity index (χ2v) is 5.74. The SMILES string of the molecule is CC(=O)O[C@@H](C(=O)O)[C@H]1OCCN(c2ccc3ccc(=O)[nH]c3c2)C1=O. The number of fused-ring (bicyclic) bond motifs is 1. The van der Waals surface area contributed by atoms with Gasteiger partial charge in [-0.05, 0) is 23.6 Å². The van der Waals surface area contributed by atoms with E-state index in [0.717, 1.165) is 12.3 Å². The number of hydrogen-bond acceptors (Lipinski definition) is 6. The lowest BCUT2D eigenvalue weighted by atomic mass is 10.1. The van der Waals surface area contributed by atoms with E-state index in [2.05, 4.69) is 4.98 Å². The minimum absolute atomic E-state index is 0.0742. The Kier molecular flexibility index (Phi) is 4.72. The number of morpholine rings is 1. The van der Waals surface area contributed by atoms with Crippen LogP contribution in [0.25, 0.3) is 10.9 Å². The molecular formula is C17H16N2O7. The predicted octanol–water partition coefficient (Wildman–Crippen LogP) is 0.276. The molecule has 2 aromatic rings. The molecule has 0 unspecified atom stereocenters. The fraction of sp³-hybridized carbons (Fsp3) is 0.294. The summed E-state index contributed by atoms with van der Waals surface area (Å²) in [6.45, 7) is 1.33. The van der Waals surface area contributed by atoms with Gasteiger partial charge in [0.2, 0.25) is 11.7 Å². The van der Waals surface area contributed by atoms with Gasteiger partial charge in [-0.2, -0.15) is 0 Å². The fourth-order valence-corrected chi connectivity index (χ4v) is 2.81. The zero-order valence-electron chi connectivity index (χ0n) is 13.8. The first-order chi connectivity index (χ1) is 12.4. The van der Waals surface area contributed by atoms with E-state index in [0.29, 0.717) is 11.2 Å². The van der Waals surface area contributed by atoms with E-state index in [1.54, 1.807) is 24.3 Å². The molecule has 1 fully saturated rings. The van der Waals surface area contributed by atoms with Gasteiger partial charge in [0, 0.05) is 25.2 Å². The number of aromatic amines is 1. The number of esters is 1. The quantitative estimate of drug-likeness (QED) is 0.750. The van der Waals surface area contributed by atoms with Gasteiger partial charge >= 0.3 is 11.9 Å². The number of carbonyl (C=O) groups excluding carboxylic acids is 2. The molecule has 0 radical (unpaired) electrons. The van der Waals surface area contributed by atoms with Crippen molar-refractivity contribution in [2.24, 2.45) is 0 Å². The Morgan fingerprint density at radius 2 is 2.04 bits per heavy atom. The molecular weight excluding hydrogens is 344 g/mol. The molecule has 26 heavy (non-hydrogen) atoms. The van der Waals surface area contributed by atoms with Gasteiger partial charge in [0.25, 0.3) is 5.91 Å². The van der Waals surface area contributed by atoms with Gasteiger partial charge in [-0.15, -0.1) is 0 Å². The van der Waals surface area contributed by atoms with Gasteiger partial charge in [-0.1, -0.05) is 6.07 Å². The third kappa shape index (κ3) is 3.42. The average Bonchev–Trinajstić information content (AvgIpc) is 2.59. The number of benzene rings is 1. The highest BCUT2D eigenvalue weighted by Crippen LogP contribution is 2.24. The van der Waals surface area contributed by atoms with Crippen molar-refractivity contribution in [3.63, 3.8) is 0 Å². The average molecular weight is 360 g/mol. The van der Waals surface area contributed by atoms with Crippen LogP contribution in [0.1, 0.15) is 6.92 Å². The smallest absolute Gasteiger partial charge is 0.348 e. The van der Waals surface area contributed by atoms with Crippen LogP contribution in [0.3, 0.4) is 0 Å². The van der Waals surface area contributed by atoms with Crippen LogP contribution in [0.5, 0.6) is 0 Å². The molecule has 0 saturated carbocycles. The summed E-state index contributed by atoms with van der Waals surface area (Å²) in [5.41, 5.74) is 0.742. The number of nitrogens with one attached hydrogen (secondary N) is 1. The molecule has 2 heterocycles. The zero-order valence-corrected chi connectivity index (χ0v) is 13.8. The maximum Gasteiger partial charge on any atom is 0.348 e. The first-order valence-corrected chi connectivity index (χ1v) is 7.83. The number of pyridine rings is 1. The van der Waals surface area contributed by atoms with E-state index < -0.39 is 30.1 Å². The van der Waals surface area contributed by atoms with Crippen LogP contribution in [0.4, 0.5) is 5.69 Å². The van der Waals surface area contributed by atoms with Crippen molar-refractivity contribution >= 4 is 34.4 Å². The molecule has 0 aliphatic carbocycles. The standard InChI is InChI=1S/C17H16N2O7/c1-9(20)26-15(17(23)24)14-16(22)19(6-7-25-14)11-4-2-10-3-5-13(21)18-12(10)8-11/h2-5,8,14-15H,6-7H2,1H3,(H,18,21)(H,23,24)/t14-,15-/m1/s1. The number of H-pyrrole nitrogens is 1. The van der Waals surface area contributed by atoms with Crippen molar-refractivity contribution in [2.75, 3.05) is 18.1 Å². The highest BCUT2D eigenvalue weighted by molar-refractivity contribution is 6.01. The lowest BCUT2D eigenvalue weighted by molar-refractivity contribution is -0.177. The summed E-state index contributed by atoms with van der Waals surface area (Å²) >= 11 is 0. The zero-order chi connectivity index (χ0) is 18.8. The first kappa shape index (κ1) is 17.6. The number of aromatic nitrogens is 1. The van der Waals surface area contributed by atoms with Crippen LogP contribution in [0, 0.1) is 0 Å². The van der Waals surface area contributed by atoms with Gasteiger partial charge in [-0.3, -0.25) is 14.4 Å². The highest BCUT2D eigenvalue weighted by atomic mass is 16.6. The van der Waals surface area contributed by atoms with Crippen molar-refractivity contribution < 1.29 is 29.0 Å². The number of ether oxygens (including phenoxy) is 2. The Morgan fingerprint density at radius 3 is 2.73 bits per heavy atom. The summed E-state index contributed by atoms with van der Waals surface area (Å²) in [5.74, 6) is -2.93. The summed E-state index contributed by atoms with van der Waals surface area (Å²) < 4.78 is 10.00. The van der Waals surface area contributed by atoms with Gasteiger partial charge < -0.3 is 24.5 Å². The maximum absolute atomic E-state index is 12.7. The second-order valence-electron chi connectivity index (χ2n) is 5.74. The third-order valence-corrected chi connectivity index (χ3v) is 3.95. The van der Waals surface area contributed by atoms with Gasteiger partial charge in [-0.25, -0.2) is 4.79 Å². The van der Waals surface area contributed by atoms with E-state index in [1.807, 2.05) is 0 Å². The molecule has 9 heteroatoms.